The number of nitrogens with two attached hydrogens (primary N) is 1. The van der Waals surface area contributed by atoms with E-state index in [0.29, 0.717) is 31.8 Å². The quantitative estimate of drug-likeness (QED) is 0.242. The first-order valence-corrected chi connectivity index (χ1v) is 16.1. The predicted molar refractivity (Wildman–Crippen MR) is 164 cm³/mol. The number of carbonyl (C=O) groups is 6. The molecule has 0 aromatic carbocycles. The minimum atomic E-state index is -1.09. The van der Waals surface area contributed by atoms with E-state index in [9.17, 15) is 28.8 Å². The summed E-state index contributed by atoms with van der Waals surface area (Å²) >= 11 is 0. The van der Waals surface area contributed by atoms with Gasteiger partial charge in [0.15, 0.2) is 0 Å². The molecule has 44 heavy (non-hydrogen) atoms. The van der Waals surface area contributed by atoms with Crippen molar-refractivity contribution in [1.29, 1.82) is 0 Å². The number of likely N-dealkylation sites (tertiary alicyclic amines) is 1. The smallest absolute Gasteiger partial charge is 0.316 e. The Kier molecular flexibility index (Phi) is 9.43. The average molecular weight is 617 g/mol. The van der Waals surface area contributed by atoms with Crippen molar-refractivity contribution in [3.8, 4) is 0 Å². The molecule has 4 aliphatic rings. The fourth-order valence-corrected chi connectivity index (χ4v) is 7.03. The second-order valence-electron chi connectivity index (χ2n) is 15.6. The van der Waals surface area contributed by atoms with Gasteiger partial charge in [-0.2, -0.15) is 0 Å². The maximum atomic E-state index is 14.2. The number of amides is 6. The Morgan fingerprint density at radius 1 is 0.977 bits per heavy atom. The van der Waals surface area contributed by atoms with Crippen molar-refractivity contribution in [3.63, 3.8) is 0 Å². The van der Waals surface area contributed by atoms with Gasteiger partial charge < -0.3 is 31.5 Å². The summed E-state index contributed by atoms with van der Waals surface area (Å²) in [7, 11) is 1.75. The van der Waals surface area contributed by atoms with Crippen molar-refractivity contribution in [3.05, 3.63) is 0 Å². The molecule has 1 heterocycles. The normalized spacial score (nSPS) is 26.0. The fraction of sp³-hybridized carbons (Fsp3) is 0.812. The molecule has 0 aromatic heterocycles. The van der Waals surface area contributed by atoms with Crippen molar-refractivity contribution < 1.29 is 28.8 Å². The number of nitrogens with one attached hydrogen (secondary N) is 3. The Balaban J connectivity index is 1.51. The molecule has 1 unspecified atom stereocenters. The third-order valence-corrected chi connectivity index (χ3v) is 10.4. The number of primary amides is 1. The number of hydrogen-bond donors (Lipinski definition) is 4. The van der Waals surface area contributed by atoms with Crippen LogP contribution < -0.4 is 21.7 Å². The lowest BCUT2D eigenvalue weighted by Crippen LogP contribution is -2.63. The maximum absolute atomic E-state index is 14.2. The summed E-state index contributed by atoms with van der Waals surface area (Å²) in [5.41, 5.74) is 4.40. The zero-order chi connectivity index (χ0) is 32.9. The Hall–Kier alpha value is -3.18. The molecule has 5 N–H and O–H groups in total. The molecule has 6 atom stereocenters. The minimum Gasteiger partial charge on any atom is -0.363 e. The Morgan fingerprint density at radius 3 is 2.07 bits per heavy atom. The highest BCUT2D eigenvalue weighted by atomic mass is 16.2. The topological polar surface area (TPSA) is 171 Å². The number of piperidine rings is 1. The van der Waals surface area contributed by atoms with Crippen LogP contribution in [0.15, 0.2) is 0 Å². The number of Topliss-reactive ketones (excluding diaryl/α,β-unsaturated/α-hetero) is 1. The summed E-state index contributed by atoms with van der Waals surface area (Å²) in [6.45, 7) is 14.3. The molecule has 3 saturated carbocycles. The summed E-state index contributed by atoms with van der Waals surface area (Å²) in [6.07, 6.45) is 4.51. The highest BCUT2D eigenvalue weighted by Crippen LogP contribution is 2.65. The van der Waals surface area contributed by atoms with E-state index >= 15 is 0 Å². The summed E-state index contributed by atoms with van der Waals surface area (Å²) in [6, 6.07) is -4.27. The highest BCUT2D eigenvalue weighted by molar-refractivity contribution is 6.38. The van der Waals surface area contributed by atoms with Crippen LogP contribution in [0.3, 0.4) is 0 Å². The number of carbonyl (C=O) groups excluding carboxylic acids is 6. The lowest BCUT2D eigenvalue weighted by Gasteiger charge is -2.39. The molecule has 4 fully saturated rings. The lowest BCUT2D eigenvalue weighted by atomic mass is 9.78. The molecular weight excluding hydrogens is 564 g/mol. The second kappa shape index (κ2) is 12.3. The fourth-order valence-electron chi connectivity index (χ4n) is 7.03. The number of likely N-dealkylation sites (N-methyl/N-ethyl adjacent to an activating group) is 1. The first kappa shape index (κ1) is 33.7. The first-order valence-electron chi connectivity index (χ1n) is 16.1. The van der Waals surface area contributed by atoms with Gasteiger partial charge in [-0.15, -0.1) is 0 Å². The standard InChI is InChI=1S/C32H52N6O6/c1-16(2)21(28(42)37(8)14-17-12-13-17)35-30(44)36-25(31(3,4)5)29(43)38-15-19-20(32(19,6)7)23(38)27(41)34-22(18-10-9-11-18)24(39)26(33)40/h16-23,25H,9-15H2,1-8H3,(H2,33,40)(H,34,41)(H2,35,36,44)/t19-,20-,21-,22?,23-,25+/m0/s1. The Bertz CT molecular complexity index is 1190. The van der Waals surface area contributed by atoms with Crippen LogP contribution in [0.4, 0.5) is 4.79 Å². The van der Waals surface area contributed by atoms with Gasteiger partial charge in [0.05, 0.1) is 0 Å². The zero-order valence-corrected chi connectivity index (χ0v) is 27.6. The van der Waals surface area contributed by atoms with E-state index in [1.165, 1.54) is 4.90 Å². The lowest BCUT2D eigenvalue weighted by molar-refractivity contribution is -0.145. The predicted octanol–water partition coefficient (Wildman–Crippen LogP) is 1.42. The maximum Gasteiger partial charge on any atom is 0.316 e. The van der Waals surface area contributed by atoms with Crippen LogP contribution >= 0.6 is 0 Å². The third kappa shape index (κ3) is 6.88. The van der Waals surface area contributed by atoms with Crippen LogP contribution in [-0.2, 0) is 24.0 Å². The van der Waals surface area contributed by atoms with Crippen molar-refractivity contribution in [2.24, 2.45) is 46.2 Å². The minimum absolute atomic E-state index is 0.0792. The molecule has 1 aliphatic heterocycles. The van der Waals surface area contributed by atoms with Gasteiger partial charge in [-0.05, 0) is 66.1 Å². The van der Waals surface area contributed by atoms with E-state index in [-0.39, 0.29) is 35.0 Å². The first-order chi connectivity index (χ1) is 20.4. The number of ketones is 1. The zero-order valence-electron chi connectivity index (χ0n) is 27.6. The SMILES string of the molecule is CC(C)[C@H](NC(=O)N[C@H](C(=O)N1C[C@H]2[C@@H]([C@H]1C(=O)NC(C(=O)C(N)=O)C1CCC1)C2(C)C)C(C)(C)C)C(=O)N(C)CC1CC1. The van der Waals surface area contributed by atoms with Gasteiger partial charge in [0, 0.05) is 20.1 Å². The summed E-state index contributed by atoms with van der Waals surface area (Å²) in [4.78, 5) is 82.2. The largest absolute Gasteiger partial charge is 0.363 e. The van der Waals surface area contributed by atoms with E-state index in [4.69, 9.17) is 5.73 Å². The second-order valence-corrected chi connectivity index (χ2v) is 15.6. The van der Waals surface area contributed by atoms with Crippen LogP contribution in [0.25, 0.3) is 0 Å². The van der Waals surface area contributed by atoms with E-state index in [1.807, 2.05) is 34.6 Å². The highest BCUT2D eigenvalue weighted by Gasteiger charge is 2.70. The molecule has 0 radical (unpaired) electrons. The number of fused-ring (bicyclic) bond motifs is 1. The van der Waals surface area contributed by atoms with Gasteiger partial charge in [-0.1, -0.05) is 54.9 Å². The summed E-state index contributed by atoms with van der Waals surface area (Å²) < 4.78 is 0. The van der Waals surface area contributed by atoms with E-state index in [1.54, 1.807) is 11.9 Å². The van der Waals surface area contributed by atoms with E-state index in [2.05, 4.69) is 29.8 Å². The molecule has 12 heteroatoms. The molecule has 0 spiro atoms. The summed E-state index contributed by atoms with van der Waals surface area (Å²) in [5.74, 6) is -2.86. The van der Waals surface area contributed by atoms with Gasteiger partial charge in [-0.3, -0.25) is 24.0 Å². The van der Waals surface area contributed by atoms with Crippen molar-refractivity contribution >= 4 is 35.4 Å². The van der Waals surface area contributed by atoms with Gasteiger partial charge in [0.2, 0.25) is 23.5 Å². The number of nitrogens with zero attached hydrogens (tertiary/aromatic N) is 2. The van der Waals surface area contributed by atoms with Crippen molar-refractivity contribution in [1.82, 2.24) is 25.8 Å². The van der Waals surface area contributed by atoms with Crippen LogP contribution in [0.2, 0.25) is 0 Å². The van der Waals surface area contributed by atoms with E-state index in [0.717, 1.165) is 19.3 Å². The van der Waals surface area contributed by atoms with E-state index < -0.39 is 59.1 Å². The van der Waals surface area contributed by atoms with Crippen molar-refractivity contribution in [2.75, 3.05) is 20.1 Å². The van der Waals surface area contributed by atoms with Gasteiger partial charge in [0.25, 0.3) is 5.91 Å². The average Bonchev–Trinajstić information content (AvgIpc) is 3.74. The number of rotatable bonds is 12. The van der Waals surface area contributed by atoms with Crippen molar-refractivity contribution in [2.45, 2.75) is 105 Å². The molecule has 3 aliphatic carbocycles. The Labute approximate surface area is 261 Å². The third-order valence-electron chi connectivity index (χ3n) is 10.4. The van der Waals surface area contributed by atoms with Gasteiger partial charge in [-0.25, -0.2) is 4.79 Å². The van der Waals surface area contributed by atoms with Crippen LogP contribution in [0, 0.1) is 40.4 Å². The Morgan fingerprint density at radius 2 is 1.59 bits per heavy atom. The molecular formula is C32H52N6O6. The van der Waals surface area contributed by atoms with Crippen LogP contribution in [0.5, 0.6) is 0 Å². The summed E-state index contributed by atoms with van der Waals surface area (Å²) in [5, 5.41) is 8.43. The molecule has 246 valence electrons. The molecule has 0 aromatic rings. The van der Waals surface area contributed by atoms with Gasteiger partial charge >= 0.3 is 6.03 Å². The molecule has 6 amide bonds. The molecule has 12 nitrogen and oxygen atoms in total. The van der Waals surface area contributed by atoms with Gasteiger partial charge in [0.1, 0.15) is 24.2 Å². The monoisotopic (exact) mass is 616 g/mol. The van der Waals surface area contributed by atoms with Crippen LogP contribution in [-0.4, -0.2) is 89.5 Å². The number of hydrogen-bond acceptors (Lipinski definition) is 6. The molecule has 4 rings (SSSR count). The molecule has 1 saturated heterocycles. The van der Waals surface area contributed by atoms with Crippen LogP contribution in [0.1, 0.15) is 80.6 Å². The molecule has 0 bridgehead atoms. The number of urea groups is 1.